The van der Waals surface area contributed by atoms with E-state index in [1.54, 1.807) is 79.7 Å². The van der Waals surface area contributed by atoms with Crippen molar-refractivity contribution in [3.63, 3.8) is 0 Å². The molecule has 0 atom stereocenters. The molecule has 0 aliphatic heterocycles. The van der Waals surface area contributed by atoms with Crippen LogP contribution in [0.5, 0.6) is 0 Å². The average molecular weight is 434 g/mol. The van der Waals surface area contributed by atoms with E-state index in [0.29, 0.717) is 38.5 Å². The van der Waals surface area contributed by atoms with Crippen molar-refractivity contribution in [2.24, 2.45) is 0 Å². The molecule has 160 valence electrons. The molecule has 0 radical (unpaired) electrons. The number of esters is 1. The molecule has 0 N–H and O–H groups in total. The van der Waals surface area contributed by atoms with Gasteiger partial charge in [0.15, 0.2) is 0 Å². The van der Waals surface area contributed by atoms with E-state index in [1.807, 2.05) is 0 Å². The van der Waals surface area contributed by atoms with Gasteiger partial charge in [0.25, 0.3) is 0 Å². The number of carbonyl (C=O) groups excluding carboxylic acids is 1. The topological polar surface area (TPSA) is 43.6 Å². The van der Waals surface area contributed by atoms with Gasteiger partial charge in [-0.15, -0.1) is 0 Å². The van der Waals surface area contributed by atoms with Gasteiger partial charge in [0.05, 0.1) is 28.7 Å². The molecule has 0 spiro atoms. The highest BCUT2D eigenvalue weighted by molar-refractivity contribution is 6.14. The number of rotatable bonds is 3. The van der Waals surface area contributed by atoms with Gasteiger partial charge in [0, 0.05) is 16.3 Å². The van der Waals surface area contributed by atoms with Gasteiger partial charge in [-0.2, -0.15) is 13.2 Å². The molecule has 0 aliphatic rings. The maximum atomic E-state index is 14.1. The Bertz CT molecular complexity index is 1490. The van der Waals surface area contributed by atoms with E-state index >= 15 is 0 Å². The van der Waals surface area contributed by atoms with E-state index in [1.165, 1.54) is 4.40 Å². The minimum Gasteiger partial charge on any atom is -0.462 e. The van der Waals surface area contributed by atoms with Crippen LogP contribution in [0.2, 0.25) is 0 Å². The van der Waals surface area contributed by atoms with Crippen molar-refractivity contribution in [1.29, 1.82) is 0 Å². The molecule has 32 heavy (non-hydrogen) atoms. The summed E-state index contributed by atoms with van der Waals surface area (Å²) < 4.78 is 48.4. The van der Waals surface area contributed by atoms with Crippen molar-refractivity contribution in [2.45, 2.75) is 13.1 Å². The summed E-state index contributed by atoms with van der Waals surface area (Å²) in [5, 5.41) is 1.28. The van der Waals surface area contributed by atoms with E-state index in [2.05, 4.69) is 4.98 Å². The van der Waals surface area contributed by atoms with Crippen LogP contribution in [0.3, 0.4) is 0 Å². The standard InChI is InChI=1S/C25H17F3N2O2/c1-2-32-23(31)16-13-11-15(12-14-16)21-18-8-4-6-10-20(18)30-22(21)17-7-3-5-9-19(17)29-24(30)25(26,27)28/h3-14H,2H2,1H3. The Hall–Kier alpha value is -3.87. The lowest BCUT2D eigenvalue weighted by Crippen LogP contribution is -2.14. The summed E-state index contributed by atoms with van der Waals surface area (Å²) in [5.74, 6) is -1.42. The van der Waals surface area contributed by atoms with Gasteiger partial charge in [-0.25, -0.2) is 9.78 Å². The molecule has 0 aliphatic carbocycles. The second kappa shape index (κ2) is 7.37. The number of aromatic nitrogens is 2. The first kappa shape index (κ1) is 20.1. The lowest BCUT2D eigenvalue weighted by molar-refractivity contribution is -0.145. The van der Waals surface area contributed by atoms with Crippen LogP contribution in [0.4, 0.5) is 13.2 Å². The number of nitrogens with zero attached hydrogens (tertiary/aromatic N) is 2. The predicted molar refractivity (Wildman–Crippen MR) is 117 cm³/mol. The minimum atomic E-state index is -4.64. The molecule has 0 unspecified atom stereocenters. The number of halogens is 3. The van der Waals surface area contributed by atoms with Crippen LogP contribution < -0.4 is 0 Å². The summed E-state index contributed by atoms with van der Waals surface area (Å²) in [4.78, 5) is 16.0. The Morgan fingerprint density at radius 3 is 2.28 bits per heavy atom. The number of carbonyl (C=O) groups is 1. The third-order valence-electron chi connectivity index (χ3n) is 5.41. The number of benzene rings is 3. The normalized spacial score (nSPS) is 12.0. The van der Waals surface area contributed by atoms with Gasteiger partial charge < -0.3 is 4.74 Å². The average Bonchev–Trinajstić information content (AvgIpc) is 3.13. The number of fused-ring (bicyclic) bond motifs is 5. The van der Waals surface area contributed by atoms with Crippen LogP contribution in [-0.4, -0.2) is 22.0 Å². The van der Waals surface area contributed by atoms with E-state index in [0.717, 1.165) is 0 Å². The molecule has 0 saturated carbocycles. The van der Waals surface area contributed by atoms with E-state index in [9.17, 15) is 18.0 Å². The van der Waals surface area contributed by atoms with Crippen molar-refractivity contribution < 1.29 is 22.7 Å². The van der Waals surface area contributed by atoms with Crippen molar-refractivity contribution in [3.8, 4) is 11.1 Å². The zero-order valence-corrected chi connectivity index (χ0v) is 17.0. The largest absolute Gasteiger partial charge is 0.462 e. The monoisotopic (exact) mass is 434 g/mol. The molecule has 5 rings (SSSR count). The number of alkyl halides is 3. The summed E-state index contributed by atoms with van der Waals surface area (Å²) in [7, 11) is 0. The number of hydrogen-bond donors (Lipinski definition) is 0. The minimum absolute atomic E-state index is 0.258. The highest BCUT2D eigenvalue weighted by Gasteiger charge is 2.37. The zero-order chi connectivity index (χ0) is 22.5. The van der Waals surface area contributed by atoms with Gasteiger partial charge in [-0.05, 0) is 36.8 Å². The summed E-state index contributed by atoms with van der Waals surface area (Å²) in [6, 6.07) is 20.5. The van der Waals surface area contributed by atoms with Crippen LogP contribution >= 0.6 is 0 Å². The van der Waals surface area contributed by atoms with Crippen LogP contribution in [0.1, 0.15) is 23.1 Å². The number of ether oxygens (including phenoxy) is 1. The van der Waals surface area contributed by atoms with Crippen molar-refractivity contribution in [2.75, 3.05) is 6.61 Å². The van der Waals surface area contributed by atoms with Crippen LogP contribution in [-0.2, 0) is 10.9 Å². The van der Waals surface area contributed by atoms with Crippen LogP contribution in [0.25, 0.3) is 38.4 Å². The molecule has 4 nitrogen and oxygen atoms in total. The van der Waals surface area contributed by atoms with Crippen molar-refractivity contribution in [1.82, 2.24) is 9.38 Å². The third kappa shape index (κ3) is 3.09. The van der Waals surface area contributed by atoms with E-state index in [4.69, 9.17) is 4.74 Å². The van der Waals surface area contributed by atoms with E-state index in [-0.39, 0.29) is 12.1 Å². The molecule has 0 saturated heterocycles. The quantitative estimate of drug-likeness (QED) is 0.304. The molecule has 2 heterocycles. The molecule has 5 aromatic rings. The Balaban J connectivity index is 1.91. The number of hydrogen-bond acceptors (Lipinski definition) is 3. The second-order valence-electron chi connectivity index (χ2n) is 7.32. The van der Waals surface area contributed by atoms with Gasteiger partial charge in [0.2, 0.25) is 5.82 Å². The number of para-hydroxylation sites is 2. The lowest BCUT2D eigenvalue weighted by atomic mass is 10.00. The second-order valence-corrected chi connectivity index (χ2v) is 7.32. The summed E-state index contributed by atoms with van der Waals surface area (Å²) in [5.41, 5.74) is 2.83. The first-order valence-corrected chi connectivity index (χ1v) is 10.1. The molecule has 0 amide bonds. The Morgan fingerprint density at radius 1 is 0.938 bits per heavy atom. The molecule has 3 aromatic carbocycles. The zero-order valence-electron chi connectivity index (χ0n) is 17.0. The van der Waals surface area contributed by atoms with Gasteiger partial charge in [-0.3, -0.25) is 4.40 Å². The summed E-state index contributed by atoms with van der Waals surface area (Å²) in [6.07, 6.45) is -4.64. The molecule has 0 fully saturated rings. The molecular weight excluding hydrogens is 417 g/mol. The fourth-order valence-corrected chi connectivity index (χ4v) is 4.12. The van der Waals surface area contributed by atoms with Crippen LogP contribution in [0, 0.1) is 0 Å². The molecule has 7 heteroatoms. The van der Waals surface area contributed by atoms with Crippen molar-refractivity contribution >= 4 is 33.3 Å². The predicted octanol–water partition coefficient (Wildman–Crippen LogP) is 6.50. The fourth-order valence-electron chi connectivity index (χ4n) is 4.12. The van der Waals surface area contributed by atoms with Gasteiger partial charge >= 0.3 is 12.1 Å². The van der Waals surface area contributed by atoms with Crippen molar-refractivity contribution in [3.05, 3.63) is 84.2 Å². The smallest absolute Gasteiger partial charge is 0.450 e. The first-order valence-electron chi connectivity index (χ1n) is 10.1. The first-order chi connectivity index (χ1) is 15.4. The maximum absolute atomic E-state index is 14.1. The molecular formula is C25H17F3N2O2. The van der Waals surface area contributed by atoms with Gasteiger partial charge in [0.1, 0.15) is 0 Å². The Labute approximate surface area is 180 Å². The highest BCUT2D eigenvalue weighted by Crippen LogP contribution is 2.42. The lowest BCUT2D eigenvalue weighted by Gasteiger charge is -2.13. The summed E-state index contributed by atoms with van der Waals surface area (Å²) in [6.45, 7) is 1.98. The summed E-state index contributed by atoms with van der Waals surface area (Å²) >= 11 is 0. The Kier molecular flexibility index (Phi) is 4.62. The molecule has 2 aromatic heterocycles. The van der Waals surface area contributed by atoms with Gasteiger partial charge in [-0.1, -0.05) is 48.5 Å². The van der Waals surface area contributed by atoms with Crippen LogP contribution in [0.15, 0.2) is 72.8 Å². The maximum Gasteiger partial charge on any atom is 0.450 e. The SMILES string of the molecule is CCOC(=O)c1ccc(-c2c3ccccc3n3c(C(F)(F)F)nc4ccccc4c23)cc1. The molecule has 0 bridgehead atoms. The highest BCUT2D eigenvalue weighted by atomic mass is 19.4. The Morgan fingerprint density at radius 2 is 1.59 bits per heavy atom. The third-order valence-corrected chi connectivity index (χ3v) is 5.41. The fraction of sp³-hybridized carbons (Fsp3) is 0.120. The van der Waals surface area contributed by atoms with E-state index < -0.39 is 18.0 Å².